The Morgan fingerprint density at radius 1 is 1.12 bits per heavy atom. The van der Waals surface area contributed by atoms with Crippen molar-refractivity contribution in [3.63, 3.8) is 0 Å². The summed E-state index contributed by atoms with van der Waals surface area (Å²) >= 11 is 6.81. The number of carbonyl (C=O) groups excluding carboxylic acids is 1. The molecular weight excluding hydrogens is 531 g/mol. The van der Waals surface area contributed by atoms with E-state index in [2.05, 4.69) is 31.5 Å². The number of hydrogen-bond donors (Lipinski definition) is 1. The average molecular weight is 563 g/mol. The fourth-order valence-electron chi connectivity index (χ4n) is 5.69. The van der Waals surface area contributed by atoms with Crippen LogP contribution >= 0.6 is 11.6 Å². The zero-order valence-corrected chi connectivity index (χ0v) is 23.8. The Labute approximate surface area is 237 Å². The van der Waals surface area contributed by atoms with Gasteiger partial charge in [-0.3, -0.25) is 9.89 Å². The second-order valence-electron chi connectivity index (χ2n) is 11.0. The highest BCUT2D eigenvalue weighted by Crippen LogP contribution is 2.41. The smallest absolute Gasteiger partial charge is 0.246 e. The summed E-state index contributed by atoms with van der Waals surface area (Å²) < 4.78 is 16.6. The molecule has 2 saturated heterocycles. The molecule has 0 saturated carbocycles. The number of amides is 1. The van der Waals surface area contributed by atoms with E-state index < -0.39 is 5.82 Å². The van der Waals surface area contributed by atoms with Gasteiger partial charge in [0.15, 0.2) is 5.82 Å². The molecule has 208 valence electrons. The molecule has 11 heteroatoms. The normalized spacial score (nSPS) is 20.0. The van der Waals surface area contributed by atoms with Gasteiger partial charge in [0, 0.05) is 55.1 Å². The second-order valence-corrected chi connectivity index (χ2v) is 11.4. The van der Waals surface area contributed by atoms with Crippen LogP contribution in [0.5, 0.6) is 0 Å². The fraction of sp³-hybridized carbons (Fsp3) is 0.379. The van der Waals surface area contributed by atoms with Crippen molar-refractivity contribution >= 4 is 51.1 Å². The van der Waals surface area contributed by atoms with Gasteiger partial charge in [-0.15, -0.1) is 0 Å². The molecule has 2 aliphatic heterocycles. The predicted molar refractivity (Wildman–Crippen MR) is 157 cm³/mol. The first-order valence-corrected chi connectivity index (χ1v) is 13.8. The van der Waals surface area contributed by atoms with Crippen molar-refractivity contribution in [2.45, 2.75) is 32.0 Å². The number of rotatable bonds is 5. The largest absolute Gasteiger partial charge is 0.349 e. The first-order chi connectivity index (χ1) is 19.2. The molecule has 1 N–H and O–H groups in total. The number of H-pyrrole nitrogens is 1. The fourth-order valence-corrected chi connectivity index (χ4v) is 5.97. The van der Waals surface area contributed by atoms with Crippen LogP contribution in [-0.4, -0.2) is 94.3 Å². The molecule has 6 rings (SSSR count). The van der Waals surface area contributed by atoms with E-state index in [9.17, 15) is 4.79 Å². The maximum absolute atomic E-state index is 16.6. The summed E-state index contributed by atoms with van der Waals surface area (Å²) in [6.07, 6.45) is 1.34. The number of benzene rings is 2. The van der Waals surface area contributed by atoms with Crippen LogP contribution in [-0.2, 0) is 4.79 Å². The monoisotopic (exact) mass is 562 g/mol. The minimum atomic E-state index is -0.532. The van der Waals surface area contributed by atoms with Gasteiger partial charge in [-0.1, -0.05) is 36.4 Å². The molecular formula is C29H32ClFN8O. The molecule has 0 radical (unpaired) electrons. The zero-order chi connectivity index (χ0) is 28.3. The molecule has 1 amide bonds. The quantitative estimate of drug-likeness (QED) is 0.362. The molecule has 0 spiro atoms. The highest BCUT2D eigenvalue weighted by molar-refractivity contribution is 6.34. The molecule has 2 fully saturated rings. The molecule has 2 aromatic carbocycles. The Kier molecular flexibility index (Phi) is 6.62. The number of hydrogen-bond acceptors (Lipinski definition) is 7. The van der Waals surface area contributed by atoms with Gasteiger partial charge in [-0.05, 0) is 46.2 Å². The summed E-state index contributed by atoms with van der Waals surface area (Å²) in [5, 5.41) is 8.93. The van der Waals surface area contributed by atoms with Gasteiger partial charge >= 0.3 is 0 Å². The molecule has 0 aliphatic carbocycles. The summed E-state index contributed by atoms with van der Waals surface area (Å²) in [5.41, 5.74) is 1.64. The van der Waals surface area contributed by atoms with Gasteiger partial charge in [-0.25, -0.2) is 9.37 Å². The number of fused-ring (bicyclic) bond motifs is 2. The van der Waals surface area contributed by atoms with E-state index in [1.807, 2.05) is 57.1 Å². The first kappa shape index (κ1) is 26.5. The molecule has 2 aliphatic rings. The van der Waals surface area contributed by atoms with E-state index in [4.69, 9.17) is 21.6 Å². The number of likely N-dealkylation sites (N-methyl/N-ethyl adjacent to an activating group) is 1. The van der Waals surface area contributed by atoms with Gasteiger partial charge < -0.3 is 19.6 Å². The van der Waals surface area contributed by atoms with Crippen LogP contribution in [0.15, 0.2) is 43.0 Å². The molecule has 2 atom stereocenters. The first-order valence-electron chi connectivity index (χ1n) is 13.4. The lowest BCUT2D eigenvalue weighted by Gasteiger charge is -2.45. The molecule has 9 nitrogen and oxygen atoms in total. The van der Waals surface area contributed by atoms with Crippen molar-refractivity contribution in [1.29, 1.82) is 0 Å². The highest BCUT2D eigenvalue weighted by Gasteiger charge is 2.36. The zero-order valence-electron chi connectivity index (χ0n) is 23.0. The lowest BCUT2D eigenvalue weighted by atomic mass is 10.0. The summed E-state index contributed by atoms with van der Waals surface area (Å²) in [7, 11) is 4.09. The number of aromatic nitrogens is 4. The minimum Gasteiger partial charge on any atom is -0.349 e. The standard InChI is InChI=1S/C29H32ClFN8O/c1-6-23(40)38-12-17(3)39(13-16(38)2)28-20-11-21(30)24(26-19-9-7-8-10-22(19)34-35-26)25(31)27(20)32-29(33-28)37-14-18(15-37)36(4)5/h6-11,16-18H,1,12-15H2,2-5H3,(H,34,35)/t16-,17+/m1/s1. The predicted octanol–water partition coefficient (Wildman–Crippen LogP) is 4.33. The van der Waals surface area contributed by atoms with Gasteiger partial charge in [0.25, 0.3) is 0 Å². The lowest BCUT2D eigenvalue weighted by Crippen LogP contribution is -2.59. The topological polar surface area (TPSA) is 84.5 Å². The van der Waals surface area contributed by atoms with E-state index in [1.165, 1.54) is 6.08 Å². The number of anilines is 2. The van der Waals surface area contributed by atoms with Crippen LogP contribution in [0.1, 0.15) is 13.8 Å². The highest BCUT2D eigenvalue weighted by atomic mass is 35.5. The van der Waals surface area contributed by atoms with Crippen molar-refractivity contribution in [2.75, 3.05) is 50.1 Å². The van der Waals surface area contributed by atoms with Gasteiger partial charge in [0.2, 0.25) is 11.9 Å². The summed E-state index contributed by atoms with van der Waals surface area (Å²) in [5.74, 6) is 0.449. The molecule has 2 aromatic heterocycles. The maximum atomic E-state index is 16.6. The van der Waals surface area contributed by atoms with Crippen molar-refractivity contribution < 1.29 is 9.18 Å². The van der Waals surface area contributed by atoms with Crippen LogP contribution in [0.4, 0.5) is 16.2 Å². The van der Waals surface area contributed by atoms with E-state index in [1.54, 1.807) is 6.07 Å². The number of para-hydroxylation sites is 1. The third-order valence-electron chi connectivity index (χ3n) is 8.15. The summed E-state index contributed by atoms with van der Waals surface area (Å²) in [6.45, 7) is 10.2. The number of nitrogens with zero attached hydrogens (tertiary/aromatic N) is 7. The Morgan fingerprint density at radius 2 is 1.88 bits per heavy atom. The molecule has 40 heavy (non-hydrogen) atoms. The SMILES string of the molecule is C=CC(=O)N1C[C@H](C)N(c2nc(N3CC(N(C)C)C3)nc3c(F)c(-c4n[nH]c5ccccc45)c(Cl)cc23)C[C@H]1C. The van der Waals surface area contributed by atoms with E-state index in [0.29, 0.717) is 42.0 Å². The van der Waals surface area contributed by atoms with Crippen molar-refractivity contribution in [2.24, 2.45) is 0 Å². The van der Waals surface area contributed by atoms with Crippen LogP contribution in [0.25, 0.3) is 33.1 Å². The van der Waals surface area contributed by atoms with E-state index in [0.717, 1.165) is 24.0 Å². The number of halogens is 2. The van der Waals surface area contributed by atoms with E-state index in [-0.39, 0.29) is 34.1 Å². The Hall–Kier alpha value is -3.76. The molecule has 0 unspecified atom stereocenters. The molecule has 0 bridgehead atoms. The summed E-state index contributed by atoms with van der Waals surface area (Å²) in [4.78, 5) is 30.4. The minimum absolute atomic E-state index is 0.0752. The van der Waals surface area contributed by atoms with Crippen molar-refractivity contribution in [3.8, 4) is 11.3 Å². The Balaban J connectivity index is 1.51. The van der Waals surface area contributed by atoms with Crippen LogP contribution in [0, 0.1) is 5.82 Å². The van der Waals surface area contributed by atoms with Crippen LogP contribution in [0.2, 0.25) is 5.02 Å². The van der Waals surface area contributed by atoms with Crippen LogP contribution < -0.4 is 9.80 Å². The van der Waals surface area contributed by atoms with Gasteiger partial charge in [-0.2, -0.15) is 10.1 Å². The molecule has 4 aromatic rings. The summed E-state index contributed by atoms with van der Waals surface area (Å²) in [6, 6.07) is 9.51. The van der Waals surface area contributed by atoms with Crippen molar-refractivity contribution in [1.82, 2.24) is 30.0 Å². The Bertz CT molecular complexity index is 1630. The average Bonchev–Trinajstić information content (AvgIpc) is 3.32. The third-order valence-corrected chi connectivity index (χ3v) is 8.45. The second kappa shape index (κ2) is 10.0. The maximum Gasteiger partial charge on any atom is 0.246 e. The third kappa shape index (κ3) is 4.26. The number of nitrogens with one attached hydrogen (secondary N) is 1. The van der Waals surface area contributed by atoms with Gasteiger partial charge in [0.1, 0.15) is 17.0 Å². The number of carbonyl (C=O) groups is 1. The Morgan fingerprint density at radius 3 is 2.60 bits per heavy atom. The van der Waals surface area contributed by atoms with Crippen molar-refractivity contribution in [3.05, 3.63) is 53.8 Å². The number of piperazine rings is 1. The van der Waals surface area contributed by atoms with Crippen LogP contribution in [0.3, 0.4) is 0 Å². The lowest BCUT2D eigenvalue weighted by molar-refractivity contribution is -0.128. The molecule has 4 heterocycles. The number of aromatic amines is 1. The van der Waals surface area contributed by atoms with Gasteiger partial charge in [0.05, 0.1) is 16.1 Å². The van der Waals surface area contributed by atoms with E-state index >= 15 is 4.39 Å².